The maximum Gasteiger partial charge on any atom is 0.362 e. The van der Waals surface area contributed by atoms with E-state index in [0.717, 1.165) is 25.7 Å². The van der Waals surface area contributed by atoms with Crippen LogP contribution in [0, 0.1) is 17.3 Å². The van der Waals surface area contributed by atoms with Crippen molar-refractivity contribution in [1.82, 2.24) is 10.5 Å². The Balaban J connectivity index is 2.60. The number of carbonyl (C=O) groups is 2. The third-order valence-electron chi connectivity index (χ3n) is 4.93. The monoisotopic (exact) mass is 377 g/mol. The third-order valence-corrected chi connectivity index (χ3v) is 4.93. The molecule has 1 rings (SSSR count). The average molecular weight is 378 g/mol. The zero-order chi connectivity index (χ0) is 20.4. The highest BCUT2D eigenvalue weighted by Crippen LogP contribution is 2.35. The van der Waals surface area contributed by atoms with Gasteiger partial charge in [-0.2, -0.15) is 5.01 Å². The lowest BCUT2D eigenvalue weighted by atomic mass is 9.75. The fraction of sp³-hybridized carbons (Fsp3) is 0.619. The second-order valence-corrected chi connectivity index (χ2v) is 8.57. The molecule has 4 N–H and O–H groups in total. The van der Waals surface area contributed by atoms with Crippen molar-refractivity contribution in [3.05, 3.63) is 35.9 Å². The van der Waals surface area contributed by atoms with Crippen LogP contribution in [0.5, 0.6) is 0 Å². The number of hydrogen-bond acceptors (Lipinski definition) is 4. The molecule has 3 amide bonds. The molecular formula is C21H35N3O3. The number of benzene rings is 1. The van der Waals surface area contributed by atoms with Crippen molar-refractivity contribution in [2.75, 3.05) is 0 Å². The first-order valence-corrected chi connectivity index (χ1v) is 9.70. The van der Waals surface area contributed by atoms with E-state index in [9.17, 15) is 9.59 Å². The second-order valence-electron chi connectivity index (χ2n) is 8.57. The SMILES string of the molecule is CC(C)CC(CCc1ccccc1)CC(C)(C)CCC(=O)N(N)C(=O)NO. The minimum atomic E-state index is -1.02. The summed E-state index contributed by atoms with van der Waals surface area (Å²) in [7, 11) is 0. The third kappa shape index (κ3) is 9.02. The largest absolute Gasteiger partial charge is 0.362 e. The molecular weight excluding hydrogens is 342 g/mol. The fourth-order valence-electron chi connectivity index (χ4n) is 3.60. The van der Waals surface area contributed by atoms with Crippen molar-refractivity contribution < 1.29 is 14.8 Å². The molecule has 0 saturated heterocycles. The second kappa shape index (κ2) is 11.0. The molecule has 0 spiro atoms. The summed E-state index contributed by atoms with van der Waals surface area (Å²) in [5, 5.41) is 8.99. The first kappa shape index (κ1) is 23.1. The number of rotatable bonds is 10. The van der Waals surface area contributed by atoms with Gasteiger partial charge in [-0.1, -0.05) is 58.0 Å². The van der Waals surface area contributed by atoms with Crippen LogP contribution in [0.25, 0.3) is 0 Å². The van der Waals surface area contributed by atoms with E-state index in [1.165, 1.54) is 11.0 Å². The lowest BCUT2D eigenvalue weighted by molar-refractivity contribution is -0.129. The Morgan fingerprint density at radius 2 is 1.85 bits per heavy atom. The van der Waals surface area contributed by atoms with Gasteiger partial charge in [0.1, 0.15) is 0 Å². The summed E-state index contributed by atoms with van der Waals surface area (Å²) in [5.41, 5.74) is 2.69. The Hall–Kier alpha value is -1.92. The minimum Gasteiger partial charge on any atom is -0.287 e. The van der Waals surface area contributed by atoms with E-state index < -0.39 is 11.9 Å². The lowest BCUT2D eigenvalue weighted by Crippen LogP contribution is -2.47. The number of nitrogens with zero attached hydrogens (tertiary/aromatic N) is 1. The first-order chi connectivity index (χ1) is 12.6. The van der Waals surface area contributed by atoms with Gasteiger partial charge in [0.25, 0.3) is 0 Å². The molecule has 152 valence electrons. The molecule has 27 heavy (non-hydrogen) atoms. The molecule has 0 heterocycles. The van der Waals surface area contributed by atoms with Gasteiger partial charge in [0.15, 0.2) is 0 Å². The summed E-state index contributed by atoms with van der Waals surface area (Å²) in [4.78, 5) is 23.2. The van der Waals surface area contributed by atoms with Crippen LogP contribution >= 0.6 is 0 Å². The summed E-state index contributed by atoms with van der Waals surface area (Å²) < 4.78 is 0. The quantitative estimate of drug-likeness (QED) is 0.245. The molecule has 0 radical (unpaired) electrons. The number of nitrogens with one attached hydrogen (secondary N) is 1. The van der Waals surface area contributed by atoms with Crippen LogP contribution in [-0.4, -0.2) is 22.2 Å². The molecule has 0 fully saturated rings. The van der Waals surface area contributed by atoms with Crippen LogP contribution < -0.4 is 11.3 Å². The van der Waals surface area contributed by atoms with Gasteiger partial charge in [-0.15, -0.1) is 0 Å². The maximum absolute atomic E-state index is 12.0. The molecule has 6 heteroatoms. The van der Waals surface area contributed by atoms with E-state index in [4.69, 9.17) is 11.0 Å². The van der Waals surface area contributed by atoms with Crippen molar-refractivity contribution in [3.63, 3.8) is 0 Å². The van der Waals surface area contributed by atoms with Gasteiger partial charge in [0.05, 0.1) is 0 Å². The van der Waals surface area contributed by atoms with Crippen LogP contribution in [0.2, 0.25) is 0 Å². The summed E-state index contributed by atoms with van der Waals surface area (Å²) in [6.45, 7) is 8.80. The molecule has 0 bridgehead atoms. The molecule has 6 nitrogen and oxygen atoms in total. The van der Waals surface area contributed by atoms with E-state index in [2.05, 4.69) is 52.0 Å². The summed E-state index contributed by atoms with van der Waals surface area (Å²) >= 11 is 0. The predicted octanol–water partition coefficient (Wildman–Crippen LogP) is 4.28. The van der Waals surface area contributed by atoms with Crippen molar-refractivity contribution in [2.24, 2.45) is 23.1 Å². The standard InChI is InChI=1S/C21H35N3O3/c1-16(2)14-18(11-10-17-8-6-5-7-9-17)15-21(3,4)13-12-19(25)24(22)20(26)23-27/h5-9,16,18,27H,10-15,22H2,1-4H3,(H,23,26). The Morgan fingerprint density at radius 3 is 2.41 bits per heavy atom. The zero-order valence-electron chi connectivity index (χ0n) is 17.1. The predicted molar refractivity (Wildman–Crippen MR) is 107 cm³/mol. The Bertz CT molecular complexity index is 588. The van der Waals surface area contributed by atoms with Gasteiger partial charge in [0, 0.05) is 6.42 Å². The van der Waals surface area contributed by atoms with Crippen LogP contribution in [0.4, 0.5) is 4.79 Å². The highest BCUT2D eigenvalue weighted by molar-refractivity contribution is 5.93. The van der Waals surface area contributed by atoms with Crippen LogP contribution in [0.3, 0.4) is 0 Å². The number of urea groups is 1. The zero-order valence-corrected chi connectivity index (χ0v) is 17.1. The van der Waals surface area contributed by atoms with Gasteiger partial charge < -0.3 is 0 Å². The fourth-order valence-corrected chi connectivity index (χ4v) is 3.60. The number of hydroxylamine groups is 1. The number of carbonyl (C=O) groups excluding carboxylic acids is 2. The average Bonchev–Trinajstić information content (AvgIpc) is 2.63. The highest BCUT2D eigenvalue weighted by atomic mass is 16.5. The van der Waals surface area contributed by atoms with Crippen LogP contribution in [0.15, 0.2) is 30.3 Å². The van der Waals surface area contributed by atoms with Gasteiger partial charge >= 0.3 is 6.03 Å². The molecule has 1 atom stereocenters. The molecule has 0 aliphatic carbocycles. The van der Waals surface area contributed by atoms with E-state index in [-0.39, 0.29) is 11.8 Å². The minimum absolute atomic E-state index is 0.0393. The molecule has 1 aromatic carbocycles. The molecule has 0 aliphatic heterocycles. The first-order valence-electron chi connectivity index (χ1n) is 9.70. The van der Waals surface area contributed by atoms with E-state index >= 15 is 0 Å². The van der Waals surface area contributed by atoms with Crippen LogP contribution in [0.1, 0.15) is 65.4 Å². The Morgan fingerprint density at radius 1 is 1.22 bits per heavy atom. The number of hydrazine groups is 1. The van der Waals surface area contributed by atoms with Crippen molar-refractivity contribution in [2.45, 2.75) is 66.2 Å². The summed E-state index contributed by atoms with van der Waals surface area (Å²) in [6.07, 6.45) is 5.15. The van der Waals surface area contributed by atoms with Crippen LogP contribution in [-0.2, 0) is 11.2 Å². The molecule has 1 unspecified atom stereocenters. The van der Waals surface area contributed by atoms with Gasteiger partial charge in [-0.25, -0.2) is 16.1 Å². The molecule has 0 aromatic heterocycles. The van der Waals surface area contributed by atoms with Crippen molar-refractivity contribution in [3.8, 4) is 0 Å². The van der Waals surface area contributed by atoms with Gasteiger partial charge in [0.2, 0.25) is 5.91 Å². The Labute approximate surface area is 163 Å². The number of imide groups is 1. The van der Waals surface area contributed by atoms with Gasteiger partial charge in [-0.3, -0.25) is 10.0 Å². The smallest absolute Gasteiger partial charge is 0.287 e. The van der Waals surface area contributed by atoms with E-state index in [1.54, 1.807) is 0 Å². The number of hydrogen-bond donors (Lipinski definition) is 3. The van der Waals surface area contributed by atoms with Crippen molar-refractivity contribution in [1.29, 1.82) is 0 Å². The number of aryl methyl sites for hydroxylation is 1. The summed E-state index contributed by atoms with van der Waals surface area (Å²) in [6, 6.07) is 9.49. The maximum atomic E-state index is 12.0. The molecule has 0 saturated carbocycles. The van der Waals surface area contributed by atoms with E-state index in [1.807, 2.05) is 6.07 Å². The normalized spacial score (nSPS) is 12.7. The van der Waals surface area contributed by atoms with E-state index in [0.29, 0.717) is 23.3 Å². The Kier molecular flexibility index (Phi) is 9.46. The van der Waals surface area contributed by atoms with Crippen molar-refractivity contribution >= 4 is 11.9 Å². The highest BCUT2D eigenvalue weighted by Gasteiger charge is 2.26. The molecule has 1 aromatic rings. The number of nitrogens with two attached hydrogens (primary N) is 1. The van der Waals surface area contributed by atoms with Gasteiger partial charge in [-0.05, 0) is 54.9 Å². The lowest BCUT2D eigenvalue weighted by Gasteiger charge is -2.31. The summed E-state index contributed by atoms with van der Waals surface area (Å²) in [5.74, 6) is 6.09. The number of amides is 3. The molecule has 0 aliphatic rings. The topological polar surface area (TPSA) is 95.7 Å².